The normalized spacial score (nSPS) is 13.6. The van der Waals surface area contributed by atoms with Crippen LogP contribution < -0.4 is 5.06 Å². The van der Waals surface area contributed by atoms with E-state index in [9.17, 15) is 5.21 Å². The Labute approximate surface area is 110 Å². The molecule has 0 fully saturated rings. The van der Waals surface area contributed by atoms with E-state index >= 15 is 0 Å². The molecule has 1 aromatic carbocycles. The maximum absolute atomic E-state index is 9.80. The Morgan fingerprint density at radius 3 is 2.28 bits per heavy atom. The first kappa shape index (κ1) is 15.2. The molecule has 0 spiro atoms. The second-order valence-electron chi connectivity index (χ2n) is 5.64. The molecule has 0 amide bonds. The summed E-state index contributed by atoms with van der Waals surface area (Å²) in [5.41, 5.74) is 2.65. The van der Waals surface area contributed by atoms with Gasteiger partial charge in [0.2, 0.25) is 0 Å². The van der Waals surface area contributed by atoms with Crippen LogP contribution in [0.25, 0.3) is 0 Å². The monoisotopic (exact) mass is 252 g/mol. The Kier molecular flexibility index (Phi) is 5.79. The highest BCUT2D eigenvalue weighted by Crippen LogP contribution is 2.21. The smallest absolute Gasteiger partial charge is 0.132 e. The van der Waals surface area contributed by atoms with E-state index in [1.165, 1.54) is 5.56 Å². The van der Waals surface area contributed by atoms with E-state index < -0.39 is 0 Å². The van der Waals surface area contributed by atoms with Crippen molar-refractivity contribution in [2.24, 2.45) is 0 Å². The Morgan fingerprint density at radius 2 is 1.78 bits per heavy atom. The standard InChI is InChI=1S/C15H25NO2/c1-5-18-11-10-16(17)12-13-6-8-14(9-7-13)15(2,3)4/h6-9,17H,5,10-12H2,1-4H3/p+1. The van der Waals surface area contributed by atoms with Crippen LogP contribution in [0.4, 0.5) is 0 Å². The van der Waals surface area contributed by atoms with Crippen molar-refractivity contribution in [2.45, 2.75) is 39.7 Å². The van der Waals surface area contributed by atoms with Crippen LogP contribution in [0.2, 0.25) is 0 Å². The van der Waals surface area contributed by atoms with E-state index in [1.54, 1.807) is 0 Å². The SMILES string of the molecule is CCOCC[NH+](O)Cc1ccc(C(C)(C)C)cc1. The first-order valence-corrected chi connectivity index (χ1v) is 6.64. The van der Waals surface area contributed by atoms with Gasteiger partial charge in [-0.05, 0) is 17.9 Å². The number of rotatable bonds is 6. The summed E-state index contributed by atoms with van der Waals surface area (Å²) in [7, 11) is 0. The molecule has 102 valence electrons. The second-order valence-corrected chi connectivity index (χ2v) is 5.64. The minimum Gasteiger partial charge on any atom is -0.376 e. The summed E-state index contributed by atoms with van der Waals surface area (Å²) < 4.78 is 5.22. The summed E-state index contributed by atoms with van der Waals surface area (Å²) in [6.45, 7) is 11.1. The molecule has 0 aliphatic carbocycles. The fourth-order valence-corrected chi connectivity index (χ4v) is 1.78. The maximum Gasteiger partial charge on any atom is 0.132 e. The van der Waals surface area contributed by atoms with Crippen LogP contribution in [0, 0.1) is 0 Å². The lowest BCUT2D eigenvalue weighted by atomic mass is 9.87. The topological polar surface area (TPSA) is 33.9 Å². The predicted molar refractivity (Wildman–Crippen MR) is 73.0 cm³/mol. The average molecular weight is 252 g/mol. The van der Waals surface area contributed by atoms with Crippen molar-refractivity contribution in [3.05, 3.63) is 35.4 Å². The third-order valence-corrected chi connectivity index (χ3v) is 2.97. The number of benzene rings is 1. The Bertz CT molecular complexity index is 341. The molecule has 3 nitrogen and oxygen atoms in total. The van der Waals surface area contributed by atoms with Gasteiger partial charge in [-0.3, -0.25) is 0 Å². The van der Waals surface area contributed by atoms with Crippen molar-refractivity contribution < 1.29 is 15.0 Å². The Morgan fingerprint density at radius 1 is 1.17 bits per heavy atom. The molecule has 18 heavy (non-hydrogen) atoms. The van der Waals surface area contributed by atoms with Gasteiger partial charge < -0.3 is 4.74 Å². The minimum absolute atomic E-state index is 0.180. The molecule has 0 saturated heterocycles. The molecule has 1 atom stereocenters. The van der Waals surface area contributed by atoms with E-state index in [1.807, 2.05) is 6.92 Å². The summed E-state index contributed by atoms with van der Waals surface area (Å²) in [4.78, 5) is 0. The lowest BCUT2D eigenvalue weighted by molar-refractivity contribution is -1.10. The number of ether oxygens (including phenoxy) is 1. The lowest BCUT2D eigenvalue weighted by Crippen LogP contribution is -3.08. The van der Waals surface area contributed by atoms with Crippen molar-refractivity contribution >= 4 is 0 Å². The predicted octanol–water partition coefficient (Wildman–Crippen LogP) is 1.79. The van der Waals surface area contributed by atoms with Crippen LogP contribution in [-0.4, -0.2) is 25.0 Å². The van der Waals surface area contributed by atoms with Crippen molar-refractivity contribution in [1.82, 2.24) is 0 Å². The zero-order chi connectivity index (χ0) is 13.6. The van der Waals surface area contributed by atoms with Gasteiger partial charge in [-0.15, -0.1) is 0 Å². The van der Waals surface area contributed by atoms with Gasteiger partial charge in [-0.25, -0.2) is 5.21 Å². The third kappa shape index (κ3) is 5.17. The van der Waals surface area contributed by atoms with Gasteiger partial charge in [0.15, 0.2) is 0 Å². The molecule has 0 aromatic heterocycles. The van der Waals surface area contributed by atoms with Gasteiger partial charge in [0.1, 0.15) is 13.1 Å². The number of hydrogen-bond acceptors (Lipinski definition) is 2. The summed E-state index contributed by atoms with van der Waals surface area (Å²) in [5.74, 6) is 0. The molecule has 2 N–H and O–H groups in total. The molecule has 1 unspecified atom stereocenters. The van der Waals surface area contributed by atoms with Gasteiger partial charge in [-0.1, -0.05) is 45.0 Å². The highest BCUT2D eigenvalue weighted by molar-refractivity contribution is 5.26. The largest absolute Gasteiger partial charge is 0.376 e. The van der Waals surface area contributed by atoms with Crippen LogP contribution in [0.1, 0.15) is 38.8 Å². The molecule has 0 aliphatic heterocycles. The van der Waals surface area contributed by atoms with E-state index in [0.717, 1.165) is 5.56 Å². The zero-order valence-corrected chi connectivity index (χ0v) is 12.0. The van der Waals surface area contributed by atoms with Crippen molar-refractivity contribution in [2.75, 3.05) is 19.8 Å². The quantitative estimate of drug-likeness (QED) is 0.598. The minimum atomic E-state index is 0.180. The third-order valence-electron chi connectivity index (χ3n) is 2.97. The van der Waals surface area contributed by atoms with Crippen LogP contribution in [0.5, 0.6) is 0 Å². The average Bonchev–Trinajstić information content (AvgIpc) is 2.29. The van der Waals surface area contributed by atoms with Crippen LogP contribution in [0.3, 0.4) is 0 Å². The van der Waals surface area contributed by atoms with E-state index in [0.29, 0.717) is 31.4 Å². The van der Waals surface area contributed by atoms with Crippen LogP contribution in [0.15, 0.2) is 24.3 Å². The first-order chi connectivity index (χ1) is 8.43. The van der Waals surface area contributed by atoms with Crippen LogP contribution in [-0.2, 0) is 16.7 Å². The molecule has 1 rings (SSSR count). The van der Waals surface area contributed by atoms with Gasteiger partial charge in [0, 0.05) is 12.2 Å². The summed E-state index contributed by atoms with van der Waals surface area (Å²) in [6, 6.07) is 8.48. The maximum atomic E-state index is 9.80. The molecule has 0 radical (unpaired) electrons. The number of hydroxylamine groups is 2. The summed E-state index contributed by atoms with van der Waals surface area (Å²) in [5, 5.41) is 10.3. The molecular formula is C15H26NO2+. The molecule has 1 aromatic rings. The summed E-state index contributed by atoms with van der Waals surface area (Å²) in [6.07, 6.45) is 0. The number of nitrogens with one attached hydrogen (secondary N) is 1. The fourth-order valence-electron chi connectivity index (χ4n) is 1.78. The van der Waals surface area contributed by atoms with Gasteiger partial charge in [-0.2, -0.15) is 5.06 Å². The van der Waals surface area contributed by atoms with E-state index in [2.05, 4.69) is 45.0 Å². The van der Waals surface area contributed by atoms with E-state index in [-0.39, 0.29) is 5.41 Å². The highest BCUT2D eigenvalue weighted by Gasteiger charge is 2.13. The highest BCUT2D eigenvalue weighted by atomic mass is 16.5. The van der Waals surface area contributed by atoms with Gasteiger partial charge in [0.25, 0.3) is 0 Å². The van der Waals surface area contributed by atoms with Crippen molar-refractivity contribution in [3.63, 3.8) is 0 Å². The molecule has 0 aliphatic rings. The molecular weight excluding hydrogens is 226 g/mol. The first-order valence-electron chi connectivity index (χ1n) is 6.64. The number of quaternary nitrogens is 1. The van der Waals surface area contributed by atoms with Gasteiger partial charge >= 0.3 is 0 Å². The fraction of sp³-hybridized carbons (Fsp3) is 0.600. The van der Waals surface area contributed by atoms with E-state index in [4.69, 9.17) is 4.74 Å². The zero-order valence-electron chi connectivity index (χ0n) is 12.0. The Hall–Kier alpha value is -0.900. The van der Waals surface area contributed by atoms with Crippen LogP contribution >= 0.6 is 0 Å². The lowest BCUT2D eigenvalue weighted by Gasteiger charge is -2.19. The molecule has 0 heterocycles. The van der Waals surface area contributed by atoms with Gasteiger partial charge in [0.05, 0.1) is 6.61 Å². The molecule has 0 saturated carbocycles. The molecule has 3 heteroatoms. The second kappa shape index (κ2) is 6.88. The van der Waals surface area contributed by atoms with Crippen molar-refractivity contribution in [1.29, 1.82) is 0 Å². The van der Waals surface area contributed by atoms with Crippen molar-refractivity contribution in [3.8, 4) is 0 Å². The summed E-state index contributed by atoms with van der Waals surface area (Å²) >= 11 is 0. The molecule has 0 bridgehead atoms. The Balaban J connectivity index is 2.48. The number of hydrogen-bond donors (Lipinski definition) is 2.